The first kappa shape index (κ1) is 22.6. The average molecular weight is 472 g/mol. The Kier molecular flexibility index (Phi) is 6.20. The lowest BCUT2D eigenvalue weighted by molar-refractivity contribution is -0.121. The molecule has 0 aliphatic carbocycles. The second kappa shape index (κ2) is 9.08. The number of H-pyrrole nitrogens is 1. The van der Waals surface area contributed by atoms with E-state index in [9.17, 15) is 22.7 Å². The topological polar surface area (TPSA) is 142 Å². The molecule has 2 N–H and O–H groups in total. The third-order valence-electron chi connectivity index (χ3n) is 5.00. The molecular formula is C21H19FN5O5S-. The Balaban J connectivity index is 1.85. The lowest BCUT2D eigenvalue weighted by Gasteiger charge is -2.20. The zero-order chi connectivity index (χ0) is 23.7. The number of carbonyl (C=O) groups is 1. The molecule has 4 rings (SSSR count). The van der Waals surface area contributed by atoms with Crippen LogP contribution >= 0.6 is 0 Å². The van der Waals surface area contributed by atoms with E-state index in [1.54, 1.807) is 25.1 Å². The van der Waals surface area contributed by atoms with Gasteiger partial charge in [0, 0.05) is 24.6 Å². The summed E-state index contributed by atoms with van der Waals surface area (Å²) in [6, 6.07) is 9.27. The fourth-order valence-electron chi connectivity index (χ4n) is 3.54. The van der Waals surface area contributed by atoms with E-state index in [0.29, 0.717) is 39.2 Å². The highest BCUT2D eigenvalue weighted by Crippen LogP contribution is 2.25. The molecule has 0 bridgehead atoms. The molecule has 10 nitrogen and oxygen atoms in total. The minimum atomic E-state index is -2.95. The molecule has 0 aliphatic heterocycles. The van der Waals surface area contributed by atoms with Crippen molar-refractivity contribution in [2.24, 2.45) is 0 Å². The van der Waals surface area contributed by atoms with Crippen molar-refractivity contribution >= 4 is 38.8 Å². The van der Waals surface area contributed by atoms with Crippen LogP contribution in [0.15, 0.2) is 41.2 Å². The third-order valence-corrected chi connectivity index (χ3v) is 5.78. The zero-order valence-electron chi connectivity index (χ0n) is 17.6. The third kappa shape index (κ3) is 4.22. The summed E-state index contributed by atoms with van der Waals surface area (Å²) < 4.78 is 43.6. The van der Waals surface area contributed by atoms with Crippen LogP contribution in [-0.2, 0) is 22.3 Å². The highest BCUT2D eigenvalue weighted by atomic mass is 32.2. The van der Waals surface area contributed by atoms with Gasteiger partial charge in [0.2, 0.25) is 0 Å². The summed E-state index contributed by atoms with van der Waals surface area (Å²) in [6.07, 6.45) is 0.0625. The molecular weight excluding hydrogens is 453 g/mol. The first-order valence-electron chi connectivity index (χ1n) is 9.95. The Morgan fingerprint density at radius 1 is 1.33 bits per heavy atom. The normalized spacial score (nSPS) is 13.2. The average Bonchev–Trinajstić information content (AvgIpc) is 3.17. The van der Waals surface area contributed by atoms with Crippen molar-refractivity contribution in [1.82, 2.24) is 25.1 Å². The van der Waals surface area contributed by atoms with Gasteiger partial charge in [-0.05, 0) is 24.1 Å². The van der Waals surface area contributed by atoms with Gasteiger partial charge in [-0.15, -0.1) is 0 Å². The summed E-state index contributed by atoms with van der Waals surface area (Å²) >= 11 is -2.95. The van der Waals surface area contributed by atoms with E-state index in [1.165, 1.54) is 25.2 Å². The highest BCUT2D eigenvalue weighted by molar-refractivity contribution is 7.80. The SMILES string of the molecule is CCOc1cc2nc(Cc3nn(C(C(=O)NC)S(=O)[O-])c(=O)c4ccccc34)[nH]c2cc1F. The second-order valence-electron chi connectivity index (χ2n) is 7.06. The van der Waals surface area contributed by atoms with Crippen LogP contribution in [0.3, 0.4) is 0 Å². The van der Waals surface area contributed by atoms with Gasteiger partial charge in [-0.1, -0.05) is 18.2 Å². The number of hydrogen-bond acceptors (Lipinski definition) is 7. The van der Waals surface area contributed by atoms with E-state index in [1.807, 2.05) is 0 Å². The van der Waals surface area contributed by atoms with E-state index < -0.39 is 33.7 Å². The van der Waals surface area contributed by atoms with Crippen LogP contribution in [0.5, 0.6) is 5.75 Å². The minimum Gasteiger partial charge on any atom is -0.770 e. The molecule has 0 radical (unpaired) electrons. The van der Waals surface area contributed by atoms with Gasteiger partial charge in [0.15, 0.2) is 16.9 Å². The molecule has 2 atom stereocenters. The van der Waals surface area contributed by atoms with Gasteiger partial charge in [-0.3, -0.25) is 13.8 Å². The number of rotatable bonds is 7. The van der Waals surface area contributed by atoms with Crippen molar-refractivity contribution < 1.29 is 22.7 Å². The Morgan fingerprint density at radius 2 is 2.06 bits per heavy atom. The largest absolute Gasteiger partial charge is 0.770 e. The maximum Gasteiger partial charge on any atom is 0.276 e. The Labute approximate surface area is 189 Å². The smallest absolute Gasteiger partial charge is 0.276 e. The lowest BCUT2D eigenvalue weighted by Crippen LogP contribution is -2.40. The number of nitrogens with zero attached hydrogens (tertiary/aromatic N) is 3. The molecule has 172 valence electrons. The fraction of sp³-hybridized carbons (Fsp3) is 0.238. The minimum absolute atomic E-state index is 0.0625. The van der Waals surface area contributed by atoms with E-state index in [-0.39, 0.29) is 17.6 Å². The van der Waals surface area contributed by atoms with E-state index in [0.717, 1.165) is 0 Å². The van der Waals surface area contributed by atoms with Crippen LogP contribution in [0.1, 0.15) is 23.8 Å². The standard InChI is InChI=1S/C21H20FN5O5S/c1-3-32-17-9-16-15(8-13(17)22)24-18(25-16)10-14-11-6-4-5-7-12(11)20(29)27(26-14)21(33(30)31)19(28)23-2/h4-9,21H,3,10H2,1-2H3,(H,23,28)(H,24,25)(H,30,31)/p-1. The quantitative estimate of drug-likeness (QED) is 0.388. The molecule has 33 heavy (non-hydrogen) atoms. The molecule has 2 heterocycles. The lowest BCUT2D eigenvalue weighted by atomic mass is 10.1. The first-order chi connectivity index (χ1) is 15.8. The first-order valence-corrected chi connectivity index (χ1v) is 11.1. The van der Waals surface area contributed by atoms with Crippen molar-refractivity contribution in [2.45, 2.75) is 18.7 Å². The highest BCUT2D eigenvalue weighted by Gasteiger charge is 2.25. The number of hydrogen-bond donors (Lipinski definition) is 2. The van der Waals surface area contributed by atoms with E-state index in [4.69, 9.17) is 4.74 Å². The van der Waals surface area contributed by atoms with Crippen molar-refractivity contribution in [3.63, 3.8) is 0 Å². The molecule has 4 aromatic rings. The number of halogens is 1. The number of aromatic nitrogens is 4. The van der Waals surface area contributed by atoms with Crippen LogP contribution in [-0.4, -0.2) is 48.1 Å². The number of likely N-dealkylation sites (N-methyl/N-ethyl adjacent to an activating group) is 1. The molecule has 2 unspecified atom stereocenters. The van der Waals surface area contributed by atoms with Crippen LogP contribution < -0.4 is 15.6 Å². The van der Waals surface area contributed by atoms with E-state index in [2.05, 4.69) is 20.4 Å². The summed E-state index contributed by atoms with van der Waals surface area (Å²) in [5.41, 5.74) is 0.498. The Hall–Kier alpha value is -3.64. The number of imidazole rings is 1. The molecule has 0 saturated heterocycles. The van der Waals surface area contributed by atoms with Gasteiger partial charge in [-0.2, -0.15) is 5.10 Å². The number of aromatic amines is 1. The van der Waals surface area contributed by atoms with Gasteiger partial charge in [-0.25, -0.2) is 14.1 Å². The maximum atomic E-state index is 14.2. The van der Waals surface area contributed by atoms with Crippen molar-refractivity contribution in [2.75, 3.05) is 13.7 Å². The van der Waals surface area contributed by atoms with Crippen molar-refractivity contribution in [3.05, 3.63) is 64.1 Å². The maximum absolute atomic E-state index is 14.2. The molecule has 2 aromatic carbocycles. The van der Waals surface area contributed by atoms with Crippen LogP contribution in [0.2, 0.25) is 0 Å². The predicted molar refractivity (Wildman–Crippen MR) is 118 cm³/mol. The van der Waals surface area contributed by atoms with Gasteiger partial charge < -0.3 is 19.6 Å². The number of ether oxygens (including phenoxy) is 1. The van der Waals surface area contributed by atoms with Gasteiger partial charge in [0.05, 0.1) is 35.1 Å². The zero-order valence-corrected chi connectivity index (χ0v) is 18.4. The number of nitrogens with one attached hydrogen (secondary N) is 2. The van der Waals surface area contributed by atoms with Gasteiger partial charge in [0.25, 0.3) is 11.5 Å². The summed E-state index contributed by atoms with van der Waals surface area (Å²) in [6.45, 7) is 2.04. The van der Waals surface area contributed by atoms with Crippen molar-refractivity contribution in [3.8, 4) is 5.75 Å². The second-order valence-corrected chi connectivity index (χ2v) is 8.03. The predicted octanol–water partition coefficient (Wildman–Crippen LogP) is 1.53. The van der Waals surface area contributed by atoms with Crippen LogP contribution in [0, 0.1) is 5.82 Å². The monoisotopic (exact) mass is 472 g/mol. The molecule has 0 spiro atoms. The molecule has 2 aromatic heterocycles. The van der Waals surface area contributed by atoms with Crippen LogP contribution in [0.25, 0.3) is 21.8 Å². The molecule has 0 saturated carbocycles. The fourth-order valence-corrected chi connectivity index (χ4v) is 4.14. The Morgan fingerprint density at radius 3 is 2.73 bits per heavy atom. The van der Waals surface area contributed by atoms with Crippen LogP contribution in [0.4, 0.5) is 4.39 Å². The molecule has 1 amide bonds. The summed E-state index contributed by atoms with van der Waals surface area (Å²) in [5, 5.41) is 5.28. The number of carbonyl (C=O) groups excluding carboxylic acids is 1. The van der Waals surface area contributed by atoms with Crippen molar-refractivity contribution in [1.29, 1.82) is 0 Å². The summed E-state index contributed by atoms with van der Waals surface area (Å²) in [7, 11) is 1.26. The summed E-state index contributed by atoms with van der Waals surface area (Å²) in [5.74, 6) is -0.961. The van der Waals surface area contributed by atoms with Gasteiger partial charge >= 0.3 is 0 Å². The number of benzene rings is 2. The summed E-state index contributed by atoms with van der Waals surface area (Å²) in [4.78, 5) is 32.6. The number of fused-ring (bicyclic) bond motifs is 2. The molecule has 0 aliphatic rings. The van der Waals surface area contributed by atoms with E-state index >= 15 is 0 Å². The Bertz CT molecular complexity index is 1450. The molecule has 12 heteroatoms. The van der Waals surface area contributed by atoms with Gasteiger partial charge in [0.1, 0.15) is 5.82 Å². The number of amides is 1. The molecule has 0 fully saturated rings.